The maximum absolute atomic E-state index is 12.6. The molecule has 0 heterocycles. The van der Waals surface area contributed by atoms with Crippen LogP contribution in [-0.4, -0.2) is 47.8 Å². The summed E-state index contributed by atoms with van der Waals surface area (Å²) >= 11 is 0. The van der Waals surface area contributed by atoms with E-state index in [1.807, 2.05) is 6.08 Å². The van der Waals surface area contributed by atoms with Gasteiger partial charge in [-0.05, 0) is 38.5 Å². The van der Waals surface area contributed by atoms with Gasteiger partial charge < -0.3 is 21.1 Å². The van der Waals surface area contributed by atoms with E-state index >= 15 is 0 Å². The lowest BCUT2D eigenvalue weighted by molar-refractivity contribution is -0.123. The molecule has 0 aromatic rings. The highest BCUT2D eigenvalue weighted by atomic mass is 31.2. The van der Waals surface area contributed by atoms with Gasteiger partial charge >= 0.3 is 7.82 Å². The van der Waals surface area contributed by atoms with Gasteiger partial charge in [-0.25, -0.2) is 4.57 Å². The van der Waals surface area contributed by atoms with Crippen LogP contribution in [0.1, 0.15) is 142 Å². The van der Waals surface area contributed by atoms with Gasteiger partial charge in [0.2, 0.25) is 5.91 Å². The molecule has 252 valence electrons. The predicted octanol–water partition coefficient (Wildman–Crippen LogP) is 8.43. The van der Waals surface area contributed by atoms with Gasteiger partial charge in [0.05, 0.1) is 25.4 Å². The average Bonchev–Trinajstić information content (AvgIpc) is 2.99. The van der Waals surface area contributed by atoms with Crippen LogP contribution in [-0.2, 0) is 18.4 Å². The van der Waals surface area contributed by atoms with Gasteiger partial charge in [0.15, 0.2) is 0 Å². The molecule has 0 bridgehead atoms. The number of amides is 1. The zero-order valence-electron chi connectivity index (χ0n) is 27.4. The Labute approximate surface area is 263 Å². The number of carbonyl (C=O) groups is 1. The largest absolute Gasteiger partial charge is 0.472 e. The SMILES string of the molecule is CCCC/C=C/CC/C=C/CC/C=C/C(O)C(COP(=O)(O)OCCN)NC(=O)CCCCCCCCCCCCCC. The molecule has 0 aromatic heterocycles. The Morgan fingerprint density at radius 3 is 1.77 bits per heavy atom. The van der Waals surface area contributed by atoms with Crippen molar-refractivity contribution in [2.75, 3.05) is 19.8 Å². The van der Waals surface area contributed by atoms with E-state index < -0.39 is 20.0 Å². The molecule has 0 saturated carbocycles. The van der Waals surface area contributed by atoms with Crippen LogP contribution in [0, 0.1) is 0 Å². The normalized spacial score (nSPS) is 15.0. The van der Waals surface area contributed by atoms with Crippen molar-refractivity contribution in [2.24, 2.45) is 5.73 Å². The molecule has 0 fully saturated rings. The van der Waals surface area contributed by atoms with Gasteiger partial charge in [0.1, 0.15) is 0 Å². The number of allylic oxidation sites excluding steroid dienone is 5. The second-order valence-corrected chi connectivity index (χ2v) is 12.8. The van der Waals surface area contributed by atoms with Gasteiger partial charge in [-0.15, -0.1) is 0 Å². The summed E-state index contributed by atoms with van der Waals surface area (Å²) in [6.07, 6.45) is 33.3. The molecular formula is C34H65N2O6P. The summed E-state index contributed by atoms with van der Waals surface area (Å²) in [5.74, 6) is -0.213. The van der Waals surface area contributed by atoms with Gasteiger partial charge in [-0.1, -0.05) is 134 Å². The van der Waals surface area contributed by atoms with E-state index in [9.17, 15) is 19.4 Å². The zero-order chi connectivity index (χ0) is 31.9. The van der Waals surface area contributed by atoms with Gasteiger partial charge in [0.25, 0.3) is 0 Å². The number of unbranched alkanes of at least 4 members (excludes halogenated alkanes) is 15. The third-order valence-corrected chi connectivity index (χ3v) is 8.18. The third kappa shape index (κ3) is 29.2. The molecule has 9 heteroatoms. The Morgan fingerprint density at radius 2 is 1.23 bits per heavy atom. The number of nitrogens with one attached hydrogen (secondary N) is 1. The number of carbonyl (C=O) groups excluding carboxylic acids is 1. The van der Waals surface area contributed by atoms with Gasteiger partial charge in [-0.2, -0.15) is 0 Å². The summed E-state index contributed by atoms with van der Waals surface area (Å²) in [5.41, 5.74) is 5.33. The highest BCUT2D eigenvalue weighted by Crippen LogP contribution is 2.43. The molecule has 0 aliphatic heterocycles. The fourth-order valence-corrected chi connectivity index (χ4v) is 5.32. The van der Waals surface area contributed by atoms with Crippen LogP contribution < -0.4 is 11.1 Å². The Bertz CT molecular complexity index is 774. The number of aliphatic hydroxyl groups is 1. The molecule has 0 aliphatic carbocycles. The maximum Gasteiger partial charge on any atom is 0.472 e. The lowest BCUT2D eigenvalue weighted by Crippen LogP contribution is -2.45. The van der Waals surface area contributed by atoms with Crippen LogP contribution in [0.5, 0.6) is 0 Å². The van der Waals surface area contributed by atoms with Crippen molar-refractivity contribution >= 4 is 13.7 Å². The molecule has 0 radical (unpaired) electrons. The number of aliphatic hydroxyl groups excluding tert-OH is 1. The van der Waals surface area contributed by atoms with Crippen molar-refractivity contribution in [1.29, 1.82) is 0 Å². The first-order valence-electron chi connectivity index (χ1n) is 17.1. The minimum atomic E-state index is -4.33. The molecule has 3 unspecified atom stereocenters. The van der Waals surface area contributed by atoms with Gasteiger partial charge in [-0.3, -0.25) is 13.8 Å². The molecule has 3 atom stereocenters. The molecule has 5 N–H and O–H groups in total. The smallest absolute Gasteiger partial charge is 0.387 e. The van der Waals surface area contributed by atoms with E-state index in [0.29, 0.717) is 6.42 Å². The highest BCUT2D eigenvalue weighted by Gasteiger charge is 2.26. The van der Waals surface area contributed by atoms with Crippen molar-refractivity contribution < 1.29 is 28.4 Å². The molecule has 0 spiro atoms. The molecule has 0 saturated heterocycles. The van der Waals surface area contributed by atoms with Crippen LogP contribution in [0.2, 0.25) is 0 Å². The number of rotatable bonds is 31. The van der Waals surface area contributed by atoms with Crippen LogP contribution in [0.25, 0.3) is 0 Å². The minimum absolute atomic E-state index is 0.0720. The molecule has 8 nitrogen and oxygen atoms in total. The second kappa shape index (κ2) is 30.7. The number of hydrogen-bond donors (Lipinski definition) is 4. The first-order chi connectivity index (χ1) is 20.9. The van der Waals surface area contributed by atoms with Gasteiger partial charge in [0, 0.05) is 13.0 Å². The van der Waals surface area contributed by atoms with Crippen molar-refractivity contribution in [3.63, 3.8) is 0 Å². The van der Waals surface area contributed by atoms with Crippen molar-refractivity contribution in [3.8, 4) is 0 Å². The monoisotopic (exact) mass is 628 g/mol. The summed E-state index contributed by atoms with van der Waals surface area (Å²) < 4.78 is 21.9. The quantitative estimate of drug-likeness (QED) is 0.0344. The van der Waals surface area contributed by atoms with Crippen LogP contribution in [0.15, 0.2) is 36.5 Å². The summed E-state index contributed by atoms with van der Waals surface area (Å²) in [7, 11) is -4.33. The molecule has 0 aliphatic rings. The van der Waals surface area contributed by atoms with Crippen molar-refractivity contribution in [2.45, 2.75) is 154 Å². The lowest BCUT2D eigenvalue weighted by atomic mass is 10.0. The van der Waals surface area contributed by atoms with Crippen LogP contribution in [0.3, 0.4) is 0 Å². The molecule has 43 heavy (non-hydrogen) atoms. The number of hydrogen-bond acceptors (Lipinski definition) is 6. The topological polar surface area (TPSA) is 131 Å². The van der Waals surface area contributed by atoms with Crippen LogP contribution >= 0.6 is 7.82 Å². The summed E-state index contributed by atoms with van der Waals surface area (Å²) in [4.78, 5) is 22.5. The van der Waals surface area contributed by atoms with E-state index in [1.165, 1.54) is 70.6 Å². The lowest BCUT2D eigenvalue weighted by Gasteiger charge is -2.23. The molecular weight excluding hydrogens is 563 g/mol. The van der Waals surface area contributed by atoms with E-state index in [0.717, 1.165) is 51.4 Å². The Hall–Kier alpha value is -1.28. The molecule has 1 amide bonds. The van der Waals surface area contributed by atoms with E-state index in [-0.39, 0.29) is 25.7 Å². The first-order valence-corrected chi connectivity index (χ1v) is 18.6. The highest BCUT2D eigenvalue weighted by molar-refractivity contribution is 7.47. The Balaban J connectivity index is 4.47. The van der Waals surface area contributed by atoms with Crippen LogP contribution in [0.4, 0.5) is 0 Å². The first kappa shape index (κ1) is 41.7. The average molecular weight is 629 g/mol. The molecule has 0 aromatic carbocycles. The maximum atomic E-state index is 12.6. The number of nitrogens with two attached hydrogens (primary N) is 1. The van der Waals surface area contributed by atoms with Crippen molar-refractivity contribution in [1.82, 2.24) is 5.32 Å². The fraction of sp³-hybridized carbons (Fsp3) is 0.794. The zero-order valence-corrected chi connectivity index (χ0v) is 28.3. The second-order valence-electron chi connectivity index (χ2n) is 11.4. The Kier molecular flexibility index (Phi) is 29.8. The third-order valence-electron chi connectivity index (χ3n) is 7.20. The summed E-state index contributed by atoms with van der Waals surface area (Å²) in [6.45, 7) is 4.02. The van der Waals surface area contributed by atoms with Crippen molar-refractivity contribution in [3.05, 3.63) is 36.5 Å². The Morgan fingerprint density at radius 1 is 0.744 bits per heavy atom. The summed E-state index contributed by atoms with van der Waals surface area (Å²) in [6, 6.07) is -0.877. The van der Waals surface area contributed by atoms with E-state index in [4.69, 9.17) is 14.8 Å². The predicted molar refractivity (Wildman–Crippen MR) is 180 cm³/mol. The fourth-order valence-electron chi connectivity index (χ4n) is 4.56. The molecule has 0 rings (SSSR count). The number of phosphoric acid groups is 1. The van der Waals surface area contributed by atoms with E-state index in [1.54, 1.807) is 6.08 Å². The summed E-state index contributed by atoms with van der Waals surface area (Å²) in [5, 5.41) is 13.5. The number of phosphoric ester groups is 1. The van der Waals surface area contributed by atoms with E-state index in [2.05, 4.69) is 43.5 Å². The minimum Gasteiger partial charge on any atom is -0.387 e. The standard InChI is InChI=1S/C34H65N2O6P/c1-3-5-7-9-11-13-15-17-19-21-23-25-27-33(37)32(31-42-43(39,40)41-30-29-35)36-34(38)28-26-24-22-20-18-16-14-12-10-8-6-4-2/h9,11,17,19,25,27,32-33,37H,3-8,10,12-16,18,20-24,26,28-31,35H2,1-2H3,(H,36,38)(H,39,40)/b11-9+,19-17+,27-25+.